The standard InChI is InChI=1S/C12H28O3SSi/c1-10(9-11(2)16(6,13)14)15-17(7,8)12(3,4)5/h10-11H,9H2,1-8H3/t10-,11-/m1/s1. The van der Waals surface area contributed by atoms with Crippen LogP contribution in [0.2, 0.25) is 18.1 Å². The quantitative estimate of drug-likeness (QED) is 0.726. The van der Waals surface area contributed by atoms with E-state index in [1.807, 2.05) is 6.92 Å². The van der Waals surface area contributed by atoms with E-state index in [4.69, 9.17) is 4.43 Å². The van der Waals surface area contributed by atoms with Crippen LogP contribution in [0.1, 0.15) is 41.0 Å². The zero-order valence-corrected chi connectivity index (χ0v) is 14.3. The molecule has 3 nitrogen and oxygen atoms in total. The second kappa shape index (κ2) is 5.41. The smallest absolute Gasteiger partial charge is 0.192 e. The Balaban J connectivity index is 4.53. The summed E-state index contributed by atoms with van der Waals surface area (Å²) in [4.78, 5) is 0. The number of sulfone groups is 1. The summed E-state index contributed by atoms with van der Waals surface area (Å²) in [6.07, 6.45) is 1.86. The molecule has 0 N–H and O–H groups in total. The first-order chi connectivity index (χ1) is 7.27. The van der Waals surface area contributed by atoms with Crippen molar-refractivity contribution >= 4 is 18.2 Å². The van der Waals surface area contributed by atoms with Crippen LogP contribution in [-0.4, -0.2) is 34.3 Å². The average molecular weight is 281 g/mol. The highest BCUT2D eigenvalue weighted by atomic mass is 32.2. The third kappa shape index (κ3) is 5.53. The Kier molecular flexibility index (Phi) is 5.45. The van der Waals surface area contributed by atoms with Gasteiger partial charge in [0.1, 0.15) is 9.84 Å². The second-order valence-corrected chi connectivity index (χ2v) is 13.8. The predicted molar refractivity (Wildman–Crippen MR) is 76.7 cm³/mol. The van der Waals surface area contributed by atoms with Crippen molar-refractivity contribution in [2.75, 3.05) is 6.26 Å². The lowest BCUT2D eigenvalue weighted by Crippen LogP contribution is -2.44. The molecule has 5 heteroatoms. The molecule has 0 saturated heterocycles. The van der Waals surface area contributed by atoms with Crippen molar-refractivity contribution < 1.29 is 12.8 Å². The Morgan fingerprint density at radius 3 is 1.88 bits per heavy atom. The van der Waals surface area contributed by atoms with Crippen molar-refractivity contribution in [2.45, 2.75) is 70.5 Å². The zero-order chi connectivity index (χ0) is 14.1. The van der Waals surface area contributed by atoms with Crippen LogP contribution in [0.4, 0.5) is 0 Å². The highest BCUT2D eigenvalue weighted by molar-refractivity contribution is 7.91. The summed E-state index contributed by atoms with van der Waals surface area (Å²) in [5, 5.41) is -0.169. The molecule has 0 amide bonds. The molecule has 0 bridgehead atoms. The van der Waals surface area contributed by atoms with E-state index in [1.165, 1.54) is 6.26 Å². The molecule has 17 heavy (non-hydrogen) atoms. The minimum absolute atomic E-state index is 0.000571. The molecule has 0 fully saturated rings. The van der Waals surface area contributed by atoms with Crippen molar-refractivity contribution in [3.8, 4) is 0 Å². The maximum Gasteiger partial charge on any atom is 0.192 e. The molecule has 0 unspecified atom stereocenters. The summed E-state index contributed by atoms with van der Waals surface area (Å²) >= 11 is 0. The van der Waals surface area contributed by atoms with Crippen molar-refractivity contribution in [1.29, 1.82) is 0 Å². The van der Waals surface area contributed by atoms with Crippen molar-refractivity contribution in [3.05, 3.63) is 0 Å². The van der Waals surface area contributed by atoms with Crippen LogP contribution in [0.3, 0.4) is 0 Å². The van der Waals surface area contributed by atoms with Crippen molar-refractivity contribution in [1.82, 2.24) is 0 Å². The van der Waals surface area contributed by atoms with Crippen LogP contribution in [0, 0.1) is 0 Å². The van der Waals surface area contributed by atoms with Gasteiger partial charge in [0.2, 0.25) is 0 Å². The van der Waals surface area contributed by atoms with Gasteiger partial charge in [0.25, 0.3) is 0 Å². The van der Waals surface area contributed by atoms with E-state index in [0.717, 1.165) is 0 Å². The molecule has 0 rings (SSSR count). The molecule has 0 spiro atoms. The van der Waals surface area contributed by atoms with Gasteiger partial charge in [0.15, 0.2) is 8.32 Å². The largest absolute Gasteiger partial charge is 0.414 e. The predicted octanol–water partition coefficient (Wildman–Crippen LogP) is 3.22. The molecule has 0 saturated carbocycles. The van der Waals surface area contributed by atoms with E-state index in [2.05, 4.69) is 33.9 Å². The molecule has 0 aromatic rings. The molecule has 0 aromatic carbocycles. The fourth-order valence-corrected chi connectivity index (χ4v) is 3.45. The lowest BCUT2D eigenvalue weighted by molar-refractivity contribution is 0.189. The van der Waals surface area contributed by atoms with Crippen LogP contribution in [0.5, 0.6) is 0 Å². The third-order valence-corrected chi connectivity index (χ3v) is 9.96. The van der Waals surface area contributed by atoms with Crippen LogP contribution < -0.4 is 0 Å². The van der Waals surface area contributed by atoms with Gasteiger partial charge in [-0.3, -0.25) is 0 Å². The third-order valence-electron chi connectivity index (χ3n) is 3.70. The number of rotatable bonds is 5. The Bertz CT molecular complexity index is 341. The Hall–Kier alpha value is 0.127. The molecular weight excluding hydrogens is 252 g/mol. The van der Waals surface area contributed by atoms with Crippen LogP contribution in [0.15, 0.2) is 0 Å². The molecule has 0 heterocycles. The van der Waals surface area contributed by atoms with Gasteiger partial charge in [0, 0.05) is 12.4 Å². The Labute approximate surface area is 108 Å². The van der Waals surface area contributed by atoms with E-state index in [-0.39, 0.29) is 16.4 Å². The number of hydrogen-bond acceptors (Lipinski definition) is 3. The van der Waals surface area contributed by atoms with E-state index in [9.17, 15) is 8.42 Å². The fraction of sp³-hybridized carbons (Fsp3) is 1.00. The highest BCUT2D eigenvalue weighted by Crippen LogP contribution is 2.37. The molecule has 0 aliphatic heterocycles. The van der Waals surface area contributed by atoms with Crippen LogP contribution >= 0.6 is 0 Å². The minimum Gasteiger partial charge on any atom is -0.414 e. The van der Waals surface area contributed by atoms with Gasteiger partial charge in [0.05, 0.1) is 5.25 Å². The first-order valence-electron chi connectivity index (χ1n) is 6.14. The van der Waals surface area contributed by atoms with Crippen LogP contribution in [-0.2, 0) is 14.3 Å². The maximum atomic E-state index is 11.4. The van der Waals surface area contributed by atoms with Gasteiger partial charge < -0.3 is 4.43 Å². The summed E-state index contributed by atoms with van der Waals surface area (Å²) in [5.41, 5.74) is 0. The molecule has 104 valence electrons. The molecule has 2 atom stereocenters. The summed E-state index contributed by atoms with van der Waals surface area (Å²) in [5.74, 6) is 0. The van der Waals surface area contributed by atoms with Gasteiger partial charge in [-0.1, -0.05) is 20.8 Å². The lowest BCUT2D eigenvalue weighted by Gasteiger charge is -2.38. The Morgan fingerprint density at radius 2 is 1.59 bits per heavy atom. The minimum atomic E-state index is -2.95. The lowest BCUT2D eigenvalue weighted by atomic mass is 10.2. The fourth-order valence-electron chi connectivity index (χ4n) is 1.37. The molecule has 0 aromatic heterocycles. The molecule has 0 aliphatic rings. The molecule has 0 aliphatic carbocycles. The Morgan fingerprint density at radius 1 is 1.18 bits per heavy atom. The molecule has 0 radical (unpaired) electrons. The highest BCUT2D eigenvalue weighted by Gasteiger charge is 2.38. The van der Waals surface area contributed by atoms with Gasteiger partial charge in [-0.25, -0.2) is 8.42 Å². The first-order valence-corrected chi connectivity index (χ1v) is 11.0. The summed E-state index contributed by atoms with van der Waals surface area (Å²) in [7, 11) is -4.74. The van der Waals surface area contributed by atoms with Gasteiger partial charge in [-0.2, -0.15) is 0 Å². The monoisotopic (exact) mass is 280 g/mol. The second-order valence-electron chi connectivity index (χ2n) is 6.56. The first kappa shape index (κ1) is 17.1. The summed E-state index contributed by atoms with van der Waals surface area (Å²) < 4.78 is 28.9. The summed E-state index contributed by atoms with van der Waals surface area (Å²) in [6, 6.07) is 0. The summed E-state index contributed by atoms with van der Waals surface area (Å²) in [6.45, 7) is 14.7. The SMILES string of the molecule is C[C@H](C[C@@H](C)S(C)(=O)=O)O[Si](C)(C)C(C)(C)C. The maximum absolute atomic E-state index is 11.4. The molecular formula is C12H28O3SSi. The van der Waals surface area contributed by atoms with Gasteiger partial charge >= 0.3 is 0 Å². The van der Waals surface area contributed by atoms with E-state index < -0.39 is 18.2 Å². The van der Waals surface area contributed by atoms with Crippen molar-refractivity contribution in [3.63, 3.8) is 0 Å². The number of hydrogen-bond donors (Lipinski definition) is 0. The van der Waals surface area contributed by atoms with Crippen molar-refractivity contribution in [2.24, 2.45) is 0 Å². The van der Waals surface area contributed by atoms with E-state index in [1.54, 1.807) is 6.92 Å². The van der Waals surface area contributed by atoms with E-state index >= 15 is 0 Å². The zero-order valence-electron chi connectivity index (χ0n) is 12.5. The van der Waals surface area contributed by atoms with E-state index in [0.29, 0.717) is 6.42 Å². The topological polar surface area (TPSA) is 43.4 Å². The van der Waals surface area contributed by atoms with Crippen LogP contribution in [0.25, 0.3) is 0 Å². The normalized spacial score (nSPS) is 17.9. The van der Waals surface area contributed by atoms with Gasteiger partial charge in [-0.05, 0) is 38.4 Å². The average Bonchev–Trinajstić information content (AvgIpc) is 1.97. The van der Waals surface area contributed by atoms with Gasteiger partial charge in [-0.15, -0.1) is 0 Å².